The normalized spacial score (nSPS) is 26.1. The van der Waals surface area contributed by atoms with Crippen molar-refractivity contribution < 1.29 is 0 Å². The molecule has 3 atom stereocenters. The second-order valence-corrected chi connectivity index (χ2v) is 5.94. The minimum absolute atomic E-state index is 0.211. The van der Waals surface area contributed by atoms with Crippen LogP contribution in [0.1, 0.15) is 56.0 Å². The standard InChI is InChI=1S/C16H23Cl/c1-3-5-13-8-10-14(11-9-13)16(17)15-7-4-6-12(15)2/h8-12,15-16H,3-7H2,1-2H3. The molecule has 1 aromatic carbocycles. The van der Waals surface area contributed by atoms with E-state index < -0.39 is 0 Å². The van der Waals surface area contributed by atoms with Crippen molar-refractivity contribution in [2.75, 3.05) is 0 Å². The highest BCUT2D eigenvalue weighted by Gasteiger charge is 2.30. The number of rotatable bonds is 4. The number of benzene rings is 1. The summed E-state index contributed by atoms with van der Waals surface area (Å²) < 4.78 is 0. The highest BCUT2D eigenvalue weighted by atomic mass is 35.5. The average molecular weight is 251 g/mol. The van der Waals surface area contributed by atoms with Crippen LogP contribution < -0.4 is 0 Å². The van der Waals surface area contributed by atoms with Crippen LogP contribution in [0.25, 0.3) is 0 Å². The second kappa shape index (κ2) is 5.91. The zero-order valence-corrected chi connectivity index (χ0v) is 11.7. The molecule has 17 heavy (non-hydrogen) atoms. The minimum Gasteiger partial charge on any atom is -0.118 e. The molecule has 2 rings (SSSR count). The summed E-state index contributed by atoms with van der Waals surface area (Å²) in [6.07, 6.45) is 6.38. The molecule has 0 aliphatic heterocycles. The van der Waals surface area contributed by atoms with Crippen molar-refractivity contribution in [2.24, 2.45) is 11.8 Å². The van der Waals surface area contributed by atoms with Crippen LogP contribution in [0.3, 0.4) is 0 Å². The molecule has 0 N–H and O–H groups in total. The van der Waals surface area contributed by atoms with Crippen LogP contribution in [0.2, 0.25) is 0 Å². The lowest BCUT2D eigenvalue weighted by molar-refractivity contribution is 0.406. The molecule has 1 aromatic rings. The predicted molar refractivity (Wildman–Crippen MR) is 75.5 cm³/mol. The molecular weight excluding hydrogens is 228 g/mol. The number of halogens is 1. The Balaban J connectivity index is 2.05. The number of alkyl halides is 1. The van der Waals surface area contributed by atoms with Gasteiger partial charge in [-0.05, 0) is 35.8 Å². The quantitative estimate of drug-likeness (QED) is 0.632. The van der Waals surface area contributed by atoms with Crippen molar-refractivity contribution in [3.8, 4) is 0 Å². The molecule has 1 fully saturated rings. The Morgan fingerprint density at radius 3 is 2.47 bits per heavy atom. The summed E-state index contributed by atoms with van der Waals surface area (Å²) in [6, 6.07) is 8.95. The van der Waals surface area contributed by atoms with Gasteiger partial charge in [0.25, 0.3) is 0 Å². The van der Waals surface area contributed by atoms with Crippen molar-refractivity contribution in [1.82, 2.24) is 0 Å². The van der Waals surface area contributed by atoms with Gasteiger partial charge in [-0.15, -0.1) is 11.6 Å². The van der Waals surface area contributed by atoms with Gasteiger partial charge < -0.3 is 0 Å². The monoisotopic (exact) mass is 250 g/mol. The molecule has 0 saturated heterocycles. The zero-order chi connectivity index (χ0) is 12.3. The molecule has 0 bridgehead atoms. The number of hydrogen-bond acceptors (Lipinski definition) is 0. The third-order valence-corrected chi connectivity index (χ3v) is 4.72. The fourth-order valence-electron chi connectivity index (χ4n) is 3.01. The van der Waals surface area contributed by atoms with Crippen LogP contribution >= 0.6 is 11.6 Å². The van der Waals surface area contributed by atoms with Crippen molar-refractivity contribution in [3.05, 3.63) is 35.4 Å². The molecule has 1 saturated carbocycles. The van der Waals surface area contributed by atoms with Crippen molar-refractivity contribution in [3.63, 3.8) is 0 Å². The summed E-state index contributed by atoms with van der Waals surface area (Å²) >= 11 is 6.64. The van der Waals surface area contributed by atoms with Gasteiger partial charge in [0.05, 0.1) is 5.38 Å². The molecule has 0 spiro atoms. The fraction of sp³-hybridized carbons (Fsp3) is 0.625. The van der Waals surface area contributed by atoms with Gasteiger partial charge in [0.1, 0.15) is 0 Å². The van der Waals surface area contributed by atoms with E-state index in [9.17, 15) is 0 Å². The molecule has 0 amide bonds. The van der Waals surface area contributed by atoms with Gasteiger partial charge in [0, 0.05) is 0 Å². The van der Waals surface area contributed by atoms with Crippen LogP contribution in [0, 0.1) is 11.8 Å². The van der Waals surface area contributed by atoms with E-state index in [1.807, 2.05) is 0 Å². The summed E-state index contributed by atoms with van der Waals surface area (Å²) in [5.41, 5.74) is 2.74. The van der Waals surface area contributed by atoms with Gasteiger partial charge in [-0.25, -0.2) is 0 Å². The van der Waals surface area contributed by atoms with Gasteiger partial charge in [0.15, 0.2) is 0 Å². The van der Waals surface area contributed by atoms with Crippen molar-refractivity contribution in [2.45, 2.75) is 51.3 Å². The molecule has 0 aromatic heterocycles. The van der Waals surface area contributed by atoms with Crippen LogP contribution in [0.15, 0.2) is 24.3 Å². The second-order valence-electron chi connectivity index (χ2n) is 5.47. The van der Waals surface area contributed by atoms with E-state index in [-0.39, 0.29) is 5.38 Å². The first-order valence-corrected chi connectivity index (χ1v) is 7.39. The Kier molecular flexibility index (Phi) is 4.50. The summed E-state index contributed by atoms with van der Waals surface area (Å²) in [4.78, 5) is 0. The molecule has 1 aliphatic carbocycles. The SMILES string of the molecule is CCCc1ccc(C(Cl)C2CCCC2C)cc1. The Labute approximate surface area is 110 Å². The van der Waals surface area contributed by atoms with Gasteiger partial charge in [-0.3, -0.25) is 0 Å². The van der Waals surface area contributed by atoms with E-state index in [1.165, 1.54) is 43.2 Å². The average Bonchev–Trinajstić information content (AvgIpc) is 2.76. The first-order chi connectivity index (χ1) is 8.22. The van der Waals surface area contributed by atoms with Gasteiger partial charge >= 0.3 is 0 Å². The topological polar surface area (TPSA) is 0 Å². The van der Waals surface area contributed by atoms with Crippen molar-refractivity contribution >= 4 is 11.6 Å². The van der Waals surface area contributed by atoms with Crippen LogP contribution in [0.4, 0.5) is 0 Å². The number of hydrogen-bond donors (Lipinski definition) is 0. The summed E-state index contributed by atoms with van der Waals surface area (Å²) in [5.74, 6) is 1.46. The van der Waals surface area contributed by atoms with E-state index in [1.54, 1.807) is 0 Å². The van der Waals surface area contributed by atoms with Crippen LogP contribution in [0.5, 0.6) is 0 Å². The molecule has 3 unspecified atom stereocenters. The van der Waals surface area contributed by atoms with E-state index >= 15 is 0 Å². The lowest BCUT2D eigenvalue weighted by Gasteiger charge is -2.22. The summed E-state index contributed by atoms with van der Waals surface area (Å²) in [6.45, 7) is 4.57. The third-order valence-electron chi connectivity index (χ3n) is 4.14. The van der Waals surface area contributed by atoms with E-state index in [2.05, 4.69) is 38.1 Å². The van der Waals surface area contributed by atoms with Gasteiger partial charge in [-0.1, -0.05) is 57.4 Å². The smallest absolute Gasteiger partial charge is 0.0615 e. The first kappa shape index (κ1) is 13.0. The molecular formula is C16H23Cl. The van der Waals surface area contributed by atoms with Crippen LogP contribution in [-0.2, 0) is 6.42 Å². The number of aryl methyl sites for hydroxylation is 1. The maximum atomic E-state index is 6.64. The molecule has 0 radical (unpaired) electrons. The highest BCUT2D eigenvalue weighted by molar-refractivity contribution is 6.21. The van der Waals surface area contributed by atoms with E-state index in [0.717, 1.165) is 5.92 Å². The summed E-state index contributed by atoms with van der Waals surface area (Å²) in [7, 11) is 0. The Hall–Kier alpha value is -0.490. The fourth-order valence-corrected chi connectivity index (χ4v) is 3.53. The molecule has 94 valence electrons. The van der Waals surface area contributed by atoms with Crippen LogP contribution in [-0.4, -0.2) is 0 Å². The minimum atomic E-state index is 0.211. The third kappa shape index (κ3) is 3.04. The van der Waals surface area contributed by atoms with Crippen molar-refractivity contribution in [1.29, 1.82) is 0 Å². The predicted octanol–water partition coefficient (Wildman–Crippen LogP) is 5.36. The Morgan fingerprint density at radius 1 is 1.24 bits per heavy atom. The highest BCUT2D eigenvalue weighted by Crippen LogP contribution is 2.43. The lowest BCUT2D eigenvalue weighted by atomic mass is 9.90. The molecule has 1 heteroatoms. The Bertz CT molecular complexity index is 341. The van der Waals surface area contributed by atoms with Gasteiger partial charge in [-0.2, -0.15) is 0 Å². The molecule has 0 nitrogen and oxygen atoms in total. The van der Waals surface area contributed by atoms with E-state index in [0.29, 0.717) is 5.92 Å². The zero-order valence-electron chi connectivity index (χ0n) is 11.0. The molecule has 1 aliphatic rings. The largest absolute Gasteiger partial charge is 0.118 e. The lowest BCUT2D eigenvalue weighted by Crippen LogP contribution is -2.10. The van der Waals surface area contributed by atoms with Gasteiger partial charge in [0.2, 0.25) is 0 Å². The summed E-state index contributed by atoms with van der Waals surface area (Å²) in [5, 5.41) is 0.211. The van der Waals surface area contributed by atoms with E-state index in [4.69, 9.17) is 11.6 Å². The molecule has 0 heterocycles. The maximum absolute atomic E-state index is 6.64. The maximum Gasteiger partial charge on any atom is 0.0615 e. The first-order valence-electron chi connectivity index (χ1n) is 6.95. The Morgan fingerprint density at radius 2 is 1.94 bits per heavy atom.